The minimum absolute atomic E-state index is 0.341. The van der Waals surface area contributed by atoms with E-state index in [9.17, 15) is 23.1 Å². The van der Waals surface area contributed by atoms with Gasteiger partial charge in [-0.15, -0.1) is 0 Å². The lowest BCUT2D eigenvalue weighted by molar-refractivity contribution is -0.137. The second kappa shape index (κ2) is 6.01. The zero-order chi connectivity index (χ0) is 16.6. The van der Waals surface area contributed by atoms with E-state index in [2.05, 4.69) is 0 Å². The van der Waals surface area contributed by atoms with Gasteiger partial charge in [0.25, 0.3) is 0 Å². The molecular formula is C15H17F3N2O3. The Bertz CT molecular complexity index is 600. The molecule has 0 bridgehead atoms. The Balaban J connectivity index is 1.94. The summed E-state index contributed by atoms with van der Waals surface area (Å²) in [6.07, 6.45) is -5.04. The zero-order valence-corrected chi connectivity index (χ0v) is 12.3. The van der Waals surface area contributed by atoms with Crippen molar-refractivity contribution >= 4 is 11.8 Å². The van der Waals surface area contributed by atoms with Crippen LogP contribution in [0.25, 0.3) is 0 Å². The van der Waals surface area contributed by atoms with Crippen molar-refractivity contribution in [3.05, 3.63) is 29.3 Å². The van der Waals surface area contributed by atoms with Crippen LogP contribution in [0.2, 0.25) is 0 Å². The normalized spacial score (nSPS) is 22.7. The number of aryl methyl sites for hydroxylation is 1. The summed E-state index contributed by atoms with van der Waals surface area (Å²) in [5.41, 5.74) is 0.0198. The molecule has 23 heavy (non-hydrogen) atoms. The second-order valence-corrected chi connectivity index (χ2v) is 5.66. The van der Waals surface area contributed by atoms with Gasteiger partial charge in [0.05, 0.1) is 30.6 Å². The maximum atomic E-state index is 12.8. The van der Waals surface area contributed by atoms with E-state index in [1.165, 1.54) is 11.0 Å². The average molecular weight is 330 g/mol. The molecule has 2 heterocycles. The van der Waals surface area contributed by atoms with E-state index < -0.39 is 17.8 Å². The molecule has 0 saturated carbocycles. The number of halogens is 3. The molecular weight excluding hydrogens is 313 g/mol. The molecule has 8 heteroatoms. The Hall–Kier alpha value is -1.80. The molecule has 1 aromatic rings. The zero-order valence-electron chi connectivity index (χ0n) is 12.3. The third-order valence-electron chi connectivity index (χ3n) is 4.31. The van der Waals surface area contributed by atoms with Crippen LogP contribution in [0, 0.1) is 0 Å². The number of hydrogen-bond donors (Lipinski definition) is 1. The number of hydrogen-bond acceptors (Lipinski definition) is 3. The molecule has 1 unspecified atom stereocenters. The number of carboxylic acid groups (broad SMARTS) is 1. The third-order valence-corrected chi connectivity index (χ3v) is 4.31. The van der Waals surface area contributed by atoms with E-state index in [1.54, 1.807) is 0 Å². The van der Waals surface area contributed by atoms with Gasteiger partial charge in [0.15, 0.2) is 0 Å². The van der Waals surface area contributed by atoms with E-state index in [4.69, 9.17) is 4.74 Å². The van der Waals surface area contributed by atoms with Gasteiger partial charge < -0.3 is 9.84 Å². The lowest BCUT2D eigenvalue weighted by Gasteiger charge is -2.43. The first-order valence-electron chi connectivity index (χ1n) is 7.42. The molecule has 1 fully saturated rings. The number of fused-ring (bicyclic) bond motifs is 1. The molecule has 0 aromatic heterocycles. The third kappa shape index (κ3) is 3.13. The number of carbonyl (C=O) groups is 1. The van der Waals surface area contributed by atoms with Crippen LogP contribution < -0.4 is 4.90 Å². The second-order valence-electron chi connectivity index (χ2n) is 5.66. The van der Waals surface area contributed by atoms with Gasteiger partial charge in [-0.05, 0) is 36.6 Å². The highest BCUT2D eigenvalue weighted by atomic mass is 19.4. The Kier molecular flexibility index (Phi) is 4.20. The molecule has 1 amide bonds. The lowest BCUT2D eigenvalue weighted by Crippen LogP contribution is -2.56. The predicted octanol–water partition coefficient (Wildman–Crippen LogP) is 2.79. The summed E-state index contributed by atoms with van der Waals surface area (Å²) in [6.45, 7) is 2.29. The molecule has 1 saturated heterocycles. The molecule has 0 radical (unpaired) electrons. The van der Waals surface area contributed by atoms with E-state index >= 15 is 0 Å². The van der Waals surface area contributed by atoms with Gasteiger partial charge >= 0.3 is 12.3 Å². The minimum atomic E-state index is -4.43. The van der Waals surface area contributed by atoms with Crippen molar-refractivity contribution in [2.75, 3.05) is 31.2 Å². The molecule has 2 aliphatic heterocycles. The van der Waals surface area contributed by atoms with Crippen molar-refractivity contribution in [2.45, 2.75) is 25.2 Å². The first kappa shape index (κ1) is 16.1. The summed E-state index contributed by atoms with van der Waals surface area (Å²) in [7, 11) is 0. The molecule has 0 spiro atoms. The SMILES string of the molecule is O=C(O)N1c2ccc(C(F)(F)F)cc2CCC1N1CCOCC1. The molecule has 0 aliphatic carbocycles. The van der Waals surface area contributed by atoms with Crippen LogP contribution in [0.4, 0.5) is 23.7 Å². The van der Waals surface area contributed by atoms with Crippen molar-refractivity contribution in [3.8, 4) is 0 Å². The standard InChI is InChI=1S/C15H17F3N2O3/c16-15(17,18)11-2-3-12-10(9-11)1-4-13(20(12)14(21)22)19-5-7-23-8-6-19/h2-3,9,13H,1,4-8H2,(H,21,22). The molecule has 5 nitrogen and oxygen atoms in total. The molecule has 126 valence electrons. The smallest absolute Gasteiger partial charge is 0.416 e. The fraction of sp³-hybridized carbons (Fsp3) is 0.533. The van der Waals surface area contributed by atoms with Crippen LogP contribution in [0.5, 0.6) is 0 Å². The molecule has 2 aliphatic rings. The van der Waals surface area contributed by atoms with Crippen LogP contribution in [-0.4, -0.2) is 48.6 Å². The van der Waals surface area contributed by atoms with Gasteiger partial charge in [-0.3, -0.25) is 9.80 Å². The fourth-order valence-corrected chi connectivity index (χ4v) is 3.22. The summed E-state index contributed by atoms with van der Waals surface area (Å²) in [5, 5.41) is 9.56. The Labute approximate surface area is 131 Å². The molecule has 1 atom stereocenters. The summed E-state index contributed by atoms with van der Waals surface area (Å²) in [6, 6.07) is 3.26. The Morgan fingerprint density at radius 1 is 1.26 bits per heavy atom. The molecule has 3 rings (SSSR count). The molecule has 1 N–H and O–H groups in total. The number of ether oxygens (including phenoxy) is 1. The summed E-state index contributed by atoms with van der Waals surface area (Å²) < 4.78 is 43.8. The van der Waals surface area contributed by atoms with Crippen molar-refractivity contribution in [1.82, 2.24) is 4.90 Å². The minimum Gasteiger partial charge on any atom is -0.465 e. The first-order valence-corrected chi connectivity index (χ1v) is 7.42. The number of rotatable bonds is 1. The number of amides is 1. The van der Waals surface area contributed by atoms with Crippen LogP contribution in [-0.2, 0) is 17.3 Å². The number of morpholine rings is 1. The monoisotopic (exact) mass is 330 g/mol. The van der Waals surface area contributed by atoms with Crippen molar-refractivity contribution in [2.24, 2.45) is 0 Å². The number of benzene rings is 1. The topological polar surface area (TPSA) is 53.0 Å². The van der Waals surface area contributed by atoms with Crippen molar-refractivity contribution < 1.29 is 27.8 Å². The lowest BCUT2D eigenvalue weighted by atomic mass is 9.96. The van der Waals surface area contributed by atoms with E-state index in [0.29, 0.717) is 50.4 Å². The quantitative estimate of drug-likeness (QED) is 0.860. The van der Waals surface area contributed by atoms with Crippen LogP contribution in [0.15, 0.2) is 18.2 Å². The summed E-state index contributed by atoms with van der Waals surface area (Å²) >= 11 is 0. The van der Waals surface area contributed by atoms with Gasteiger partial charge in [-0.2, -0.15) is 13.2 Å². The summed E-state index contributed by atoms with van der Waals surface area (Å²) in [4.78, 5) is 14.9. The van der Waals surface area contributed by atoms with Gasteiger partial charge in [0.1, 0.15) is 0 Å². The number of alkyl halides is 3. The number of anilines is 1. The fourth-order valence-electron chi connectivity index (χ4n) is 3.22. The van der Waals surface area contributed by atoms with Gasteiger partial charge in [0.2, 0.25) is 0 Å². The van der Waals surface area contributed by atoms with Crippen LogP contribution >= 0.6 is 0 Å². The van der Waals surface area contributed by atoms with E-state index in [0.717, 1.165) is 12.1 Å². The van der Waals surface area contributed by atoms with Gasteiger partial charge in [0, 0.05) is 13.1 Å². The number of nitrogens with zero attached hydrogens (tertiary/aromatic N) is 2. The highest BCUT2D eigenvalue weighted by Gasteiger charge is 2.37. The van der Waals surface area contributed by atoms with E-state index in [-0.39, 0.29) is 6.17 Å². The highest BCUT2D eigenvalue weighted by molar-refractivity contribution is 5.88. The predicted molar refractivity (Wildman–Crippen MR) is 76.4 cm³/mol. The average Bonchev–Trinajstić information content (AvgIpc) is 2.53. The maximum Gasteiger partial charge on any atom is 0.416 e. The van der Waals surface area contributed by atoms with Crippen molar-refractivity contribution in [1.29, 1.82) is 0 Å². The largest absolute Gasteiger partial charge is 0.465 e. The van der Waals surface area contributed by atoms with Gasteiger partial charge in [-0.25, -0.2) is 4.79 Å². The van der Waals surface area contributed by atoms with Crippen LogP contribution in [0.3, 0.4) is 0 Å². The first-order chi connectivity index (χ1) is 10.9. The Morgan fingerprint density at radius 2 is 1.96 bits per heavy atom. The highest BCUT2D eigenvalue weighted by Crippen LogP contribution is 2.37. The maximum absolute atomic E-state index is 12.8. The van der Waals surface area contributed by atoms with Crippen LogP contribution in [0.1, 0.15) is 17.5 Å². The summed E-state index contributed by atoms with van der Waals surface area (Å²) in [5.74, 6) is 0. The van der Waals surface area contributed by atoms with Crippen molar-refractivity contribution in [3.63, 3.8) is 0 Å². The van der Waals surface area contributed by atoms with E-state index in [1.807, 2.05) is 4.90 Å². The van der Waals surface area contributed by atoms with Gasteiger partial charge in [-0.1, -0.05) is 0 Å². The Morgan fingerprint density at radius 3 is 2.57 bits per heavy atom. The molecule has 1 aromatic carbocycles.